The summed E-state index contributed by atoms with van der Waals surface area (Å²) in [5.74, 6) is 0. The molecule has 0 spiro atoms. The normalized spacial score (nSPS) is 11.3. The Bertz CT molecular complexity index is 2360. The monoisotopic (exact) mass is 533 g/mol. The van der Waals surface area contributed by atoms with E-state index in [0.29, 0.717) is 5.56 Å². The maximum atomic E-state index is 9.12. The molecule has 0 fully saturated rings. The second-order valence-electron chi connectivity index (χ2n) is 10.6. The lowest BCUT2D eigenvalue weighted by atomic mass is 9.93. The van der Waals surface area contributed by atoms with Gasteiger partial charge in [0.2, 0.25) is 0 Å². The van der Waals surface area contributed by atoms with Crippen LogP contribution < -0.4 is 0 Å². The van der Waals surface area contributed by atoms with Gasteiger partial charge in [0.05, 0.1) is 28.4 Å². The fourth-order valence-corrected chi connectivity index (χ4v) is 5.90. The number of benzene rings is 6. The number of aromatic nitrogens is 2. The first-order valence-electron chi connectivity index (χ1n) is 14.0. The minimum Gasteiger partial charge on any atom is -0.254 e. The van der Waals surface area contributed by atoms with E-state index >= 15 is 0 Å². The first-order chi connectivity index (χ1) is 20.7. The maximum Gasteiger partial charge on any atom is 0.0991 e. The Morgan fingerprint density at radius 2 is 1.10 bits per heavy atom. The Kier molecular flexibility index (Phi) is 5.52. The number of hydrogen-bond acceptors (Lipinski definition) is 3. The van der Waals surface area contributed by atoms with Crippen LogP contribution in [0.25, 0.3) is 76.9 Å². The molecule has 6 aromatic carbocycles. The van der Waals surface area contributed by atoms with Crippen LogP contribution in [-0.2, 0) is 0 Å². The number of hydrogen-bond donors (Lipinski definition) is 0. The molecule has 0 bridgehead atoms. The fraction of sp³-hybridized carbons (Fsp3) is 0. The SMILES string of the molecule is N#Cc1ccc(-c2ccc3cc(-c4cc(-c5ccc6ccc7cccnc7c6n5)c5ccccc5c4)ccc3c2)cc1. The summed E-state index contributed by atoms with van der Waals surface area (Å²) in [6, 6.07) is 48.7. The van der Waals surface area contributed by atoms with Crippen molar-refractivity contribution in [1.29, 1.82) is 5.26 Å². The van der Waals surface area contributed by atoms with E-state index in [2.05, 4.69) is 114 Å². The van der Waals surface area contributed by atoms with Crippen LogP contribution in [0.2, 0.25) is 0 Å². The van der Waals surface area contributed by atoms with Gasteiger partial charge < -0.3 is 0 Å². The Morgan fingerprint density at radius 1 is 0.476 bits per heavy atom. The third-order valence-electron chi connectivity index (χ3n) is 8.09. The molecule has 3 heteroatoms. The number of rotatable bonds is 3. The average Bonchev–Trinajstić information content (AvgIpc) is 3.07. The van der Waals surface area contributed by atoms with Crippen LogP contribution in [0.4, 0.5) is 0 Å². The Balaban J connectivity index is 1.26. The molecule has 0 N–H and O–H groups in total. The molecule has 2 aromatic heterocycles. The molecule has 8 aromatic rings. The second kappa shape index (κ2) is 9.66. The number of nitrogens with zero attached hydrogens (tertiary/aromatic N) is 3. The van der Waals surface area contributed by atoms with E-state index in [9.17, 15) is 0 Å². The average molecular weight is 534 g/mol. The van der Waals surface area contributed by atoms with Crippen LogP contribution in [0, 0.1) is 11.3 Å². The van der Waals surface area contributed by atoms with Crippen molar-refractivity contribution in [2.24, 2.45) is 0 Å². The molecular weight excluding hydrogens is 510 g/mol. The summed E-state index contributed by atoms with van der Waals surface area (Å²) in [5, 5.41) is 16.0. The molecule has 0 radical (unpaired) electrons. The molecule has 0 aliphatic carbocycles. The fourth-order valence-electron chi connectivity index (χ4n) is 5.90. The first-order valence-corrected chi connectivity index (χ1v) is 14.0. The Labute approximate surface area is 243 Å². The second-order valence-corrected chi connectivity index (χ2v) is 10.6. The van der Waals surface area contributed by atoms with Crippen LogP contribution in [0.15, 0.2) is 140 Å². The van der Waals surface area contributed by atoms with Gasteiger partial charge in [-0.15, -0.1) is 0 Å². The lowest BCUT2D eigenvalue weighted by molar-refractivity contribution is 1.37. The third-order valence-corrected chi connectivity index (χ3v) is 8.09. The van der Waals surface area contributed by atoms with Crippen molar-refractivity contribution in [2.75, 3.05) is 0 Å². The molecule has 0 saturated heterocycles. The molecular formula is C39H23N3. The van der Waals surface area contributed by atoms with Crippen molar-refractivity contribution >= 4 is 43.4 Å². The van der Waals surface area contributed by atoms with Crippen molar-refractivity contribution in [3.8, 4) is 39.6 Å². The highest BCUT2D eigenvalue weighted by atomic mass is 14.8. The van der Waals surface area contributed by atoms with Crippen molar-refractivity contribution in [3.63, 3.8) is 0 Å². The van der Waals surface area contributed by atoms with Gasteiger partial charge >= 0.3 is 0 Å². The molecule has 194 valence electrons. The Morgan fingerprint density at radius 3 is 1.88 bits per heavy atom. The topological polar surface area (TPSA) is 49.6 Å². The van der Waals surface area contributed by atoms with Gasteiger partial charge in [0.1, 0.15) is 0 Å². The van der Waals surface area contributed by atoms with E-state index in [0.717, 1.165) is 55.3 Å². The van der Waals surface area contributed by atoms with Crippen molar-refractivity contribution in [3.05, 3.63) is 145 Å². The minimum absolute atomic E-state index is 0.669. The van der Waals surface area contributed by atoms with E-state index in [1.54, 1.807) is 0 Å². The number of fused-ring (bicyclic) bond motifs is 5. The third kappa shape index (κ3) is 4.06. The molecule has 8 rings (SSSR count). The summed E-state index contributed by atoms with van der Waals surface area (Å²) in [4.78, 5) is 9.84. The van der Waals surface area contributed by atoms with E-state index in [1.165, 1.54) is 21.5 Å². The predicted octanol–water partition coefficient (Wildman–Crippen LogP) is 9.96. The van der Waals surface area contributed by atoms with E-state index in [4.69, 9.17) is 10.2 Å². The molecule has 42 heavy (non-hydrogen) atoms. The zero-order chi connectivity index (χ0) is 28.0. The predicted molar refractivity (Wildman–Crippen MR) is 173 cm³/mol. The summed E-state index contributed by atoms with van der Waals surface area (Å²) < 4.78 is 0. The van der Waals surface area contributed by atoms with Crippen LogP contribution >= 0.6 is 0 Å². The largest absolute Gasteiger partial charge is 0.254 e. The van der Waals surface area contributed by atoms with Gasteiger partial charge in [-0.2, -0.15) is 5.26 Å². The lowest BCUT2D eigenvalue weighted by Gasteiger charge is -2.13. The van der Waals surface area contributed by atoms with Crippen molar-refractivity contribution in [1.82, 2.24) is 9.97 Å². The number of nitriles is 1. The van der Waals surface area contributed by atoms with Gasteiger partial charge in [0, 0.05) is 22.5 Å². The highest BCUT2D eigenvalue weighted by Crippen LogP contribution is 2.36. The molecule has 0 atom stereocenters. The first kappa shape index (κ1) is 24.0. The van der Waals surface area contributed by atoms with Gasteiger partial charge in [-0.3, -0.25) is 4.98 Å². The van der Waals surface area contributed by atoms with Gasteiger partial charge in [-0.1, -0.05) is 84.9 Å². The van der Waals surface area contributed by atoms with Crippen molar-refractivity contribution < 1.29 is 0 Å². The van der Waals surface area contributed by atoms with Crippen LogP contribution in [0.5, 0.6) is 0 Å². The minimum atomic E-state index is 0.669. The summed E-state index contributed by atoms with van der Waals surface area (Å²) in [6.45, 7) is 0. The molecule has 0 saturated carbocycles. The summed E-state index contributed by atoms with van der Waals surface area (Å²) in [6.07, 6.45) is 1.83. The van der Waals surface area contributed by atoms with Crippen LogP contribution in [0.1, 0.15) is 5.56 Å². The molecule has 0 amide bonds. The quantitative estimate of drug-likeness (QED) is 0.212. The van der Waals surface area contributed by atoms with Gasteiger partial charge in [0.25, 0.3) is 0 Å². The molecule has 0 aliphatic rings. The summed E-state index contributed by atoms with van der Waals surface area (Å²) >= 11 is 0. The Hall–Kier alpha value is -5.85. The zero-order valence-electron chi connectivity index (χ0n) is 22.6. The van der Waals surface area contributed by atoms with Gasteiger partial charge in [-0.05, 0) is 92.3 Å². The van der Waals surface area contributed by atoms with Crippen molar-refractivity contribution in [2.45, 2.75) is 0 Å². The smallest absolute Gasteiger partial charge is 0.0991 e. The van der Waals surface area contributed by atoms with Crippen LogP contribution in [-0.4, -0.2) is 9.97 Å². The molecule has 3 nitrogen and oxygen atoms in total. The van der Waals surface area contributed by atoms with Gasteiger partial charge in [-0.25, -0.2) is 4.98 Å². The van der Waals surface area contributed by atoms with E-state index < -0.39 is 0 Å². The lowest BCUT2D eigenvalue weighted by Crippen LogP contribution is -1.91. The highest BCUT2D eigenvalue weighted by Gasteiger charge is 2.12. The standard InChI is InChI=1S/C39H23N3/c40-24-25-7-9-26(10-8-25)29-13-14-31-21-32(16-15-30(31)20-29)34-22-33-4-1-2-6-35(33)36(23-34)37-18-17-28-12-11-27-5-3-19-41-38(27)39(28)42-37/h1-23H. The molecule has 2 heterocycles. The van der Waals surface area contributed by atoms with Gasteiger partial charge in [0.15, 0.2) is 0 Å². The van der Waals surface area contributed by atoms with E-state index in [1.807, 2.05) is 36.5 Å². The molecule has 0 unspecified atom stereocenters. The van der Waals surface area contributed by atoms with E-state index in [-0.39, 0.29) is 0 Å². The number of pyridine rings is 2. The zero-order valence-corrected chi connectivity index (χ0v) is 22.6. The highest BCUT2D eigenvalue weighted by molar-refractivity contribution is 6.05. The van der Waals surface area contributed by atoms with Crippen LogP contribution in [0.3, 0.4) is 0 Å². The summed E-state index contributed by atoms with van der Waals surface area (Å²) in [5.41, 5.74) is 9.11. The summed E-state index contributed by atoms with van der Waals surface area (Å²) in [7, 11) is 0. The maximum absolute atomic E-state index is 9.12. The molecule has 0 aliphatic heterocycles.